The third kappa shape index (κ3) is 2.61. The highest BCUT2D eigenvalue weighted by atomic mass is 16.4. The fourth-order valence-corrected chi connectivity index (χ4v) is 2.35. The van der Waals surface area contributed by atoms with Gasteiger partial charge in [-0.2, -0.15) is 0 Å². The number of amides is 1. The van der Waals surface area contributed by atoms with E-state index in [0.29, 0.717) is 18.5 Å². The molecule has 1 aromatic carbocycles. The number of hydrogen-bond donors (Lipinski definition) is 3. The van der Waals surface area contributed by atoms with Crippen LogP contribution in [0.2, 0.25) is 0 Å². The zero-order valence-electron chi connectivity index (χ0n) is 9.80. The number of carbonyl (C=O) groups excluding carboxylic acids is 1. The summed E-state index contributed by atoms with van der Waals surface area (Å²) in [5, 5.41) is 20.8. The van der Waals surface area contributed by atoms with E-state index in [0.717, 1.165) is 6.42 Å². The minimum Gasteiger partial charge on any atom is -0.508 e. The van der Waals surface area contributed by atoms with Gasteiger partial charge in [-0.25, -0.2) is 0 Å². The second-order valence-electron chi connectivity index (χ2n) is 4.52. The Labute approximate surface area is 104 Å². The molecule has 0 unspecified atom stereocenters. The number of aliphatic carboxylic acids is 1. The Kier molecular flexibility index (Phi) is 3.50. The minimum absolute atomic E-state index is 0.122. The molecule has 1 fully saturated rings. The molecule has 0 saturated heterocycles. The van der Waals surface area contributed by atoms with Crippen LogP contribution in [0, 0.1) is 11.8 Å². The van der Waals surface area contributed by atoms with Crippen LogP contribution in [0.5, 0.6) is 5.75 Å². The molecule has 18 heavy (non-hydrogen) atoms. The molecule has 0 bridgehead atoms. The average Bonchev–Trinajstić information content (AvgIpc) is 2.81. The lowest BCUT2D eigenvalue weighted by Gasteiger charge is -2.15. The van der Waals surface area contributed by atoms with Crippen molar-refractivity contribution in [1.82, 2.24) is 0 Å². The van der Waals surface area contributed by atoms with Crippen molar-refractivity contribution in [3.8, 4) is 5.75 Å². The van der Waals surface area contributed by atoms with Gasteiger partial charge >= 0.3 is 5.97 Å². The Morgan fingerprint density at radius 2 is 1.72 bits per heavy atom. The van der Waals surface area contributed by atoms with Crippen molar-refractivity contribution in [2.24, 2.45) is 11.8 Å². The highest BCUT2D eigenvalue weighted by molar-refractivity contribution is 5.95. The Morgan fingerprint density at radius 3 is 2.33 bits per heavy atom. The van der Waals surface area contributed by atoms with Crippen molar-refractivity contribution in [1.29, 1.82) is 0 Å². The Morgan fingerprint density at radius 1 is 1.11 bits per heavy atom. The number of nitrogens with one attached hydrogen (secondary N) is 1. The molecule has 1 aromatic rings. The second-order valence-corrected chi connectivity index (χ2v) is 4.52. The van der Waals surface area contributed by atoms with Gasteiger partial charge in [0.15, 0.2) is 0 Å². The van der Waals surface area contributed by atoms with Crippen LogP contribution >= 0.6 is 0 Å². The van der Waals surface area contributed by atoms with Crippen LogP contribution < -0.4 is 5.32 Å². The highest BCUT2D eigenvalue weighted by Crippen LogP contribution is 2.32. The Bertz CT molecular complexity index is 455. The summed E-state index contributed by atoms with van der Waals surface area (Å²) >= 11 is 0. The van der Waals surface area contributed by atoms with Crippen LogP contribution in [0.3, 0.4) is 0 Å². The highest BCUT2D eigenvalue weighted by Gasteiger charge is 2.37. The molecule has 1 amide bonds. The summed E-state index contributed by atoms with van der Waals surface area (Å²) in [7, 11) is 0. The third-order valence-electron chi connectivity index (χ3n) is 3.30. The number of aromatic hydroxyl groups is 1. The van der Waals surface area contributed by atoms with Crippen molar-refractivity contribution < 1.29 is 19.8 Å². The van der Waals surface area contributed by atoms with Crippen LogP contribution in [0.1, 0.15) is 19.3 Å². The normalized spacial score (nSPS) is 22.7. The summed E-state index contributed by atoms with van der Waals surface area (Å²) in [6.45, 7) is 0. The predicted octanol–water partition coefficient (Wildman–Crippen LogP) is 1.83. The van der Waals surface area contributed by atoms with Gasteiger partial charge in [0.25, 0.3) is 0 Å². The number of carboxylic acids is 1. The first-order chi connectivity index (χ1) is 8.58. The molecular formula is C13H15NO4. The molecule has 2 rings (SSSR count). The van der Waals surface area contributed by atoms with Gasteiger partial charge in [0.1, 0.15) is 5.75 Å². The summed E-state index contributed by atoms with van der Waals surface area (Å²) in [5.74, 6) is -2.08. The maximum Gasteiger partial charge on any atom is 0.307 e. The van der Waals surface area contributed by atoms with Crippen LogP contribution in [0.25, 0.3) is 0 Å². The first-order valence-electron chi connectivity index (χ1n) is 5.90. The van der Waals surface area contributed by atoms with Crippen molar-refractivity contribution >= 4 is 17.6 Å². The SMILES string of the molecule is O=C(O)[C@H]1CCC[C@H]1C(=O)Nc1ccc(O)cc1. The topological polar surface area (TPSA) is 86.6 Å². The van der Waals surface area contributed by atoms with Gasteiger partial charge < -0.3 is 15.5 Å². The first kappa shape index (κ1) is 12.4. The second kappa shape index (κ2) is 5.08. The minimum atomic E-state index is -0.904. The zero-order chi connectivity index (χ0) is 13.1. The largest absolute Gasteiger partial charge is 0.508 e. The molecule has 2 atom stereocenters. The van der Waals surface area contributed by atoms with Crippen molar-refractivity contribution in [3.63, 3.8) is 0 Å². The Hall–Kier alpha value is -2.04. The lowest BCUT2D eigenvalue weighted by molar-refractivity contribution is -0.145. The van der Waals surface area contributed by atoms with E-state index in [1.165, 1.54) is 12.1 Å². The van der Waals surface area contributed by atoms with E-state index < -0.39 is 17.8 Å². The number of phenols is 1. The molecule has 5 heteroatoms. The van der Waals surface area contributed by atoms with Crippen molar-refractivity contribution in [2.75, 3.05) is 5.32 Å². The van der Waals surface area contributed by atoms with Gasteiger partial charge in [-0.15, -0.1) is 0 Å². The number of anilines is 1. The number of hydrogen-bond acceptors (Lipinski definition) is 3. The van der Waals surface area contributed by atoms with E-state index >= 15 is 0 Å². The molecule has 1 aliphatic rings. The maximum absolute atomic E-state index is 12.0. The number of carbonyl (C=O) groups is 2. The molecule has 5 nitrogen and oxygen atoms in total. The van der Waals surface area contributed by atoms with Crippen LogP contribution in [0.4, 0.5) is 5.69 Å². The van der Waals surface area contributed by atoms with E-state index in [2.05, 4.69) is 5.32 Å². The van der Waals surface area contributed by atoms with E-state index in [1.54, 1.807) is 12.1 Å². The van der Waals surface area contributed by atoms with Crippen molar-refractivity contribution in [3.05, 3.63) is 24.3 Å². The Balaban J connectivity index is 2.03. The molecule has 0 radical (unpaired) electrons. The van der Waals surface area contributed by atoms with Gasteiger partial charge in [-0.1, -0.05) is 6.42 Å². The molecule has 1 saturated carbocycles. The first-order valence-corrected chi connectivity index (χ1v) is 5.90. The predicted molar refractivity (Wildman–Crippen MR) is 65.2 cm³/mol. The lowest BCUT2D eigenvalue weighted by atomic mass is 9.95. The fourth-order valence-electron chi connectivity index (χ4n) is 2.35. The van der Waals surface area contributed by atoms with Gasteiger partial charge in [0, 0.05) is 5.69 Å². The molecule has 1 aliphatic carbocycles. The quantitative estimate of drug-likeness (QED) is 0.713. The summed E-state index contributed by atoms with van der Waals surface area (Å²) < 4.78 is 0. The monoisotopic (exact) mass is 249 g/mol. The molecular weight excluding hydrogens is 234 g/mol. The van der Waals surface area contributed by atoms with Crippen LogP contribution in [-0.4, -0.2) is 22.1 Å². The van der Waals surface area contributed by atoms with E-state index in [-0.39, 0.29) is 11.7 Å². The number of benzene rings is 1. The van der Waals surface area contributed by atoms with Crippen LogP contribution in [0.15, 0.2) is 24.3 Å². The van der Waals surface area contributed by atoms with Gasteiger partial charge in [0.2, 0.25) is 5.91 Å². The van der Waals surface area contributed by atoms with Crippen LogP contribution in [-0.2, 0) is 9.59 Å². The standard InChI is InChI=1S/C13H15NO4/c15-9-6-4-8(5-7-9)14-12(16)10-2-1-3-11(10)13(17)18/h4-7,10-11,15H,1-3H2,(H,14,16)(H,17,18)/t10-,11+/m1/s1. The molecule has 0 aliphatic heterocycles. The van der Waals surface area contributed by atoms with Gasteiger partial charge in [-0.3, -0.25) is 9.59 Å². The third-order valence-corrected chi connectivity index (χ3v) is 3.30. The summed E-state index contributed by atoms with van der Waals surface area (Å²) in [5.41, 5.74) is 0.564. The molecule has 96 valence electrons. The van der Waals surface area contributed by atoms with Gasteiger partial charge in [0.05, 0.1) is 11.8 Å². The van der Waals surface area contributed by atoms with E-state index in [4.69, 9.17) is 10.2 Å². The smallest absolute Gasteiger partial charge is 0.307 e. The number of rotatable bonds is 3. The molecule has 0 aromatic heterocycles. The zero-order valence-corrected chi connectivity index (χ0v) is 9.80. The van der Waals surface area contributed by atoms with Gasteiger partial charge in [-0.05, 0) is 37.1 Å². The van der Waals surface area contributed by atoms with E-state index in [9.17, 15) is 9.59 Å². The molecule has 0 spiro atoms. The number of carboxylic acid groups (broad SMARTS) is 1. The lowest BCUT2D eigenvalue weighted by Crippen LogP contribution is -2.29. The summed E-state index contributed by atoms with van der Waals surface area (Å²) in [6.07, 6.45) is 1.94. The average molecular weight is 249 g/mol. The number of phenolic OH excluding ortho intramolecular Hbond substituents is 1. The fraction of sp³-hybridized carbons (Fsp3) is 0.385. The molecule has 3 N–H and O–H groups in total. The summed E-state index contributed by atoms with van der Waals surface area (Å²) in [4.78, 5) is 23.0. The maximum atomic E-state index is 12.0. The van der Waals surface area contributed by atoms with E-state index in [1.807, 2.05) is 0 Å². The molecule has 0 heterocycles. The summed E-state index contributed by atoms with van der Waals surface area (Å²) in [6, 6.07) is 6.10. The van der Waals surface area contributed by atoms with Crippen molar-refractivity contribution in [2.45, 2.75) is 19.3 Å².